The van der Waals surface area contributed by atoms with Gasteiger partial charge >= 0.3 is 5.97 Å². The number of halogens is 2. The average Bonchev–Trinajstić information content (AvgIpc) is 2.69. The average molecular weight is 302 g/mol. The van der Waals surface area contributed by atoms with Crippen LogP contribution in [0.5, 0.6) is 11.5 Å². The third-order valence-corrected chi connectivity index (χ3v) is 2.99. The number of carbonyl (C=O) groups excluding carboxylic acids is 1. The van der Waals surface area contributed by atoms with Crippen LogP contribution in [0.1, 0.15) is 37.0 Å². The van der Waals surface area contributed by atoms with Gasteiger partial charge < -0.3 is 19.3 Å². The van der Waals surface area contributed by atoms with Crippen molar-refractivity contribution in [3.63, 3.8) is 0 Å². The second-order valence-electron chi connectivity index (χ2n) is 4.43. The molecule has 7 heteroatoms. The van der Waals surface area contributed by atoms with E-state index in [9.17, 15) is 18.7 Å². The lowest BCUT2D eigenvalue weighted by atomic mass is 10.0. The molecule has 0 spiro atoms. The van der Waals surface area contributed by atoms with Gasteiger partial charge in [0.15, 0.2) is 17.6 Å². The number of alkyl halides is 2. The Kier molecular flexibility index (Phi) is 4.95. The second-order valence-corrected chi connectivity index (χ2v) is 4.43. The van der Waals surface area contributed by atoms with E-state index in [0.717, 1.165) is 6.07 Å². The molecule has 0 aromatic heterocycles. The van der Waals surface area contributed by atoms with Crippen LogP contribution in [-0.4, -0.2) is 30.9 Å². The lowest BCUT2D eigenvalue weighted by molar-refractivity contribution is -0.153. The molecule has 1 atom stereocenters. The molecular weight excluding hydrogens is 286 g/mol. The Bertz CT molecular complexity index is 518. The summed E-state index contributed by atoms with van der Waals surface area (Å²) in [6.45, 7) is 2.34. The lowest BCUT2D eigenvalue weighted by Gasteiger charge is -2.17. The van der Waals surface area contributed by atoms with Gasteiger partial charge in [-0.15, -0.1) is 0 Å². The van der Waals surface area contributed by atoms with Gasteiger partial charge in [-0.25, -0.2) is 13.6 Å². The molecule has 0 saturated carbocycles. The monoisotopic (exact) mass is 302 g/mol. The smallest absolute Gasteiger partial charge is 0.339 e. The summed E-state index contributed by atoms with van der Waals surface area (Å²) in [6, 6.07) is 2.31. The van der Waals surface area contributed by atoms with Crippen molar-refractivity contribution in [3.05, 3.63) is 23.3 Å². The summed E-state index contributed by atoms with van der Waals surface area (Å²) in [4.78, 5) is 11.6. The molecule has 1 unspecified atom stereocenters. The van der Waals surface area contributed by atoms with E-state index in [2.05, 4.69) is 4.74 Å². The van der Waals surface area contributed by atoms with E-state index in [1.807, 2.05) is 0 Å². The maximum absolute atomic E-state index is 13.1. The molecule has 5 nitrogen and oxygen atoms in total. The van der Waals surface area contributed by atoms with Crippen molar-refractivity contribution in [2.75, 3.05) is 19.8 Å². The van der Waals surface area contributed by atoms with E-state index in [-0.39, 0.29) is 23.7 Å². The Morgan fingerprint density at radius 3 is 2.38 bits per heavy atom. The summed E-state index contributed by atoms with van der Waals surface area (Å²) >= 11 is 0. The topological polar surface area (TPSA) is 65.0 Å². The molecule has 0 bridgehead atoms. The number of hydrogen-bond donors (Lipinski definition) is 1. The molecule has 2 rings (SSSR count). The molecule has 1 aromatic rings. The van der Waals surface area contributed by atoms with Gasteiger partial charge in [-0.05, 0) is 19.1 Å². The molecule has 0 fully saturated rings. The van der Waals surface area contributed by atoms with Crippen LogP contribution in [-0.2, 0) is 9.53 Å². The van der Waals surface area contributed by atoms with E-state index in [1.165, 1.54) is 6.07 Å². The molecule has 0 amide bonds. The van der Waals surface area contributed by atoms with Crippen molar-refractivity contribution < 1.29 is 32.9 Å². The molecule has 1 heterocycles. The minimum atomic E-state index is -2.86. The molecule has 0 aliphatic carbocycles. The molecule has 21 heavy (non-hydrogen) atoms. The number of fused-ring (bicyclic) bond motifs is 1. The highest BCUT2D eigenvalue weighted by atomic mass is 19.3. The molecule has 1 aliphatic rings. The third kappa shape index (κ3) is 3.41. The van der Waals surface area contributed by atoms with Crippen LogP contribution in [0, 0.1) is 0 Å². The number of aliphatic hydroxyl groups is 1. The standard InChI is InChI=1S/C14H16F2O5/c1-2-19-14(18)12(17)8-6-10-11(7-9(8)13(15)16)21-5-3-4-20-10/h6-7,12-13,17H,2-5H2,1H3. The van der Waals surface area contributed by atoms with Gasteiger partial charge in [-0.3, -0.25) is 0 Å². The number of carbonyl (C=O) groups is 1. The van der Waals surface area contributed by atoms with Crippen molar-refractivity contribution in [1.29, 1.82) is 0 Å². The van der Waals surface area contributed by atoms with E-state index in [1.54, 1.807) is 6.92 Å². The van der Waals surface area contributed by atoms with Gasteiger partial charge in [0.05, 0.1) is 19.8 Å². The Balaban J connectivity index is 2.43. The SMILES string of the molecule is CCOC(=O)C(O)c1cc2c(cc1C(F)F)OCCCO2. The summed E-state index contributed by atoms with van der Waals surface area (Å²) < 4.78 is 41.7. The fourth-order valence-corrected chi connectivity index (χ4v) is 2.01. The number of rotatable bonds is 4. The fourth-order valence-electron chi connectivity index (χ4n) is 2.01. The highest BCUT2D eigenvalue weighted by molar-refractivity contribution is 5.77. The second kappa shape index (κ2) is 6.71. The molecule has 1 aliphatic heterocycles. The lowest BCUT2D eigenvalue weighted by Crippen LogP contribution is -2.17. The van der Waals surface area contributed by atoms with Gasteiger partial charge in [0.2, 0.25) is 0 Å². The van der Waals surface area contributed by atoms with Crippen LogP contribution in [0.4, 0.5) is 8.78 Å². The summed E-state index contributed by atoms with van der Waals surface area (Å²) in [5.41, 5.74) is -0.701. The zero-order valence-corrected chi connectivity index (χ0v) is 11.5. The zero-order valence-electron chi connectivity index (χ0n) is 11.5. The first kappa shape index (κ1) is 15.5. The summed E-state index contributed by atoms with van der Waals surface area (Å²) in [6.07, 6.45) is -4.03. The van der Waals surface area contributed by atoms with Crippen molar-refractivity contribution in [1.82, 2.24) is 0 Å². The maximum atomic E-state index is 13.1. The first-order valence-corrected chi connectivity index (χ1v) is 6.60. The summed E-state index contributed by atoms with van der Waals surface area (Å²) in [7, 11) is 0. The Labute approximate surface area is 120 Å². The third-order valence-electron chi connectivity index (χ3n) is 2.99. The normalized spacial score (nSPS) is 15.5. The highest BCUT2D eigenvalue weighted by Gasteiger charge is 2.28. The summed E-state index contributed by atoms with van der Waals surface area (Å²) in [5, 5.41) is 9.92. The van der Waals surface area contributed by atoms with Crippen LogP contribution in [0.15, 0.2) is 12.1 Å². The van der Waals surface area contributed by atoms with Gasteiger partial charge in [0.25, 0.3) is 6.43 Å². The molecule has 1 aromatic carbocycles. The quantitative estimate of drug-likeness (QED) is 0.865. The van der Waals surface area contributed by atoms with E-state index >= 15 is 0 Å². The van der Waals surface area contributed by atoms with Gasteiger partial charge in [0, 0.05) is 17.5 Å². The van der Waals surface area contributed by atoms with Crippen LogP contribution in [0.3, 0.4) is 0 Å². The van der Waals surface area contributed by atoms with Gasteiger partial charge in [-0.1, -0.05) is 0 Å². The van der Waals surface area contributed by atoms with Crippen LogP contribution in [0.25, 0.3) is 0 Å². The molecule has 0 saturated heterocycles. The van der Waals surface area contributed by atoms with E-state index in [4.69, 9.17) is 9.47 Å². The van der Waals surface area contributed by atoms with Crippen LogP contribution in [0.2, 0.25) is 0 Å². The molecule has 1 N–H and O–H groups in total. The minimum absolute atomic E-state index is 0.0461. The number of aliphatic hydroxyl groups excluding tert-OH is 1. The van der Waals surface area contributed by atoms with E-state index in [0.29, 0.717) is 19.6 Å². The largest absolute Gasteiger partial charge is 0.490 e. The number of esters is 1. The minimum Gasteiger partial charge on any atom is -0.490 e. The van der Waals surface area contributed by atoms with Crippen LogP contribution >= 0.6 is 0 Å². The first-order valence-electron chi connectivity index (χ1n) is 6.60. The number of benzene rings is 1. The van der Waals surface area contributed by atoms with Crippen molar-refractivity contribution >= 4 is 5.97 Å². The first-order chi connectivity index (χ1) is 10.0. The predicted octanol–water partition coefficient (Wildman–Crippen LogP) is 2.38. The van der Waals surface area contributed by atoms with Gasteiger partial charge in [-0.2, -0.15) is 0 Å². The Hall–Kier alpha value is -1.89. The van der Waals surface area contributed by atoms with Crippen LogP contribution < -0.4 is 9.47 Å². The molecule has 0 radical (unpaired) electrons. The van der Waals surface area contributed by atoms with Crippen molar-refractivity contribution in [3.8, 4) is 11.5 Å². The Morgan fingerprint density at radius 1 is 1.29 bits per heavy atom. The molecular formula is C14H16F2O5. The predicted molar refractivity (Wildman–Crippen MR) is 68.6 cm³/mol. The number of hydrogen-bond acceptors (Lipinski definition) is 5. The zero-order chi connectivity index (χ0) is 15.4. The van der Waals surface area contributed by atoms with E-state index < -0.39 is 24.1 Å². The van der Waals surface area contributed by atoms with Crippen molar-refractivity contribution in [2.24, 2.45) is 0 Å². The van der Waals surface area contributed by atoms with Gasteiger partial charge in [0.1, 0.15) is 0 Å². The highest BCUT2D eigenvalue weighted by Crippen LogP contribution is 2.39. The Morgan fingerprint density at radius 2 is 1.86 bits per heavy atom. The molecule has 116 valence electrons. The summed E-state index contributed by atoms with van der Waals surface area (Å²) in [5.74, 6) is -0.563. The maximum Gasteiger partial charge on any atom is 0.339 e. The van der Waals surface area contributed by atoms with Crippen molar-refractivity contribution in [2.45, 2.75) is 25.9 Å². The number of ether oxygens (including phenoxy) is 3. The fraction of sp³-hybridized carbons (Fsp3) is 0.500.